The van der Waals surface area contributed by atoms with Crippen LogP contribution in [0.25, 0.3) is 0 Å². The van der Waals surface area contributed by atoms with E-state index in [1.165, 1.54) is 30.5 Å². The Morgan fingerprint density at radius 1 is 1.32 bits per heavy atom. The largest absolute Gasteiger partial charge is 0.368 e. The molecule has 1 unspecified atom stereocenters. The molecule has 1 atom stereocenters. The van der Waals surface area contributed by atoms with Crippen LogP contribution in [-0.4, -0.2) is 41.0 Å². The predicted octanol–water partition coefficient (Wildman–Crippen LogP) is 2.50. The van der Waals surface area contributed by atoms with Gasteiger partial charge in [0.2, 0.25) is 0 Å². The van der Waals surface area contributed by atoms with Crippen LogP contribution >= 0.6 is 0 Å². The van der Waals surface area contributed by atoms with Gasteiger partial charge in [0, 0.05) is 30.4 Å². The zero-order valence-corrected chi connectivity index (χ0v) is 12.4. The van der Waals surface area contributed by atoms with Gasteiger partial charge in [-0.3, -0.25) is 0 Å². The first-order chi connectivity index (χ1) is 9.22. The average molecular weight is 262 g/mol. The second kappa shape index (κ2) is 6.85. The van der Waals surface area contributed by atoms with Gasteiger partial charge in [-0.25, -0.2) is 9.97 Å². The molecule has 1 aromatic heterocycles. The quantitative estimate of drug-likeness (QED) is 0.855. The molecule has 19 heavy (non-hydrogen) atoms. The minimum absolute atomic E-state index is 0.640. The van der Waals surface area contributed by atoms with Gasteiger partial charge in [0.05, 0.1) is 0 Å². The Morgan fingerprint density at radius 2 is 2.11 bits per heavy atom. The Morgan fingerprint density at radius 3 is 2.89 bits per heavy atom. The first kappa shape index (κ1) is 14.3. The second-order valence-electron chi connectivity index (χ2n) is 5.52. The van der Waals surface area contributed by atoms with E-state index in [0.717, 1.165) is 31.7 Å². The van der Waals surface area contributed by atoms with Crippen LogP contribution in [0.3, 0.4) is 0 Å². The summed E-state index contributed by atoms with van der Waals surface area (Å²) in [4.78, 5) is 11.2. The molecule has 0 aromatic carbocycles. The van der Waals surface area contributed by atoms with Crippen molar-refractivity contribution in [3.05, 3.63) is 17.6 Å². The molecule has 4 nitrogen and oxygen atoms in total. The molecule has 1 N–H and O–H groups in total. The van der Waals surface area contributed by atoms with Gasteiger partial charge >= 0.3 is 0 Å². The maximum absolute atomic E-state index is 4.41. The van der Waals surface area contributed by atoms with Gasteiger partial charge in [0.1, 0.15) is 12.1 Å². The summed E-state index contributed by atoms with van der Waals surface area (Å²) < 4.78 is 0. The summed E-state index contributed by atoms with van der Waals surface area (Å²) in [5, 5.41) is 3.49. The van der Waals surface area contributed by atoms with Crippen molar-refractivity contribution in [1.29, 1.82) is 0 Å². The maximum Gasteiger partial charge on any atom is 0.132 e. The van der Waals surface area contributed by atoms with Crippen LogP contribution in [0.5, 0.6) is 0 Å². The molecule has 1 aliphatic rings. The highest BCUT2D eigenvalue weighted by Crippen LogP contribution is 2.24. The smallest absolute Gasteiger partial charge is 0.132 e. The molecule has 1 aromatic rings. The number of nitrogens with one attached hydrogen (secondary N) is 1. The highest BCUT2D eigenvalue weighted by molar-refractivity contribution is 5.46. The zero-order valence-electron chi connectivity index (χ0n) is 12.4. The number of aromatic nitrogens is 2. The molecule has 1 heterocycles. The van der Waals surface area contributed by atoms with Crippen LogP contribution in [-0.2, 0) is 12.8 Å². The minimum atomic E-state index is 0.640. The molecule has 2 rings (SSSR count). The van der Waals surface area contributed by atoms with E-state index in [9.17, 15) is 0 Å². The lowest BCUT2D eigenvalue weighted by Crippen LogP contribution is -2.33. The summed E-state index contributed by atoms with van der Waals surface area (Å²) >= 11 is 0. The molecule has 0 amide bonds. The van der Waals surface area contributed by atoms with Gasteiger partial charge in [-0.05, 0) is 46.1 Å². The standard InChI is InChI=1S/C15H26N4/c1-4-12(2)19(3)10-9-16-15-13-7-5-6-8-14(13)17-11-18-15/h11-12H,4-10H2,1-3H3,(H,16,17,18). The SMILES string of the molecule is CCC(C)N(C)CCNc1ncnc2c1CCCC2. The van der Waals surface area contributed by atoms with Crippen molar-refractivity contribution in [3.63, 3.8) is 0 Å². The maximum atomic E-state index is 4.41. The van der Waals surface area contributed by atoms with Crippen molar-refractivity contribution >= 4 is 5.82 Å². The van der Waals surface area contributed by atoms with Crippen LogP contribution < -0.4 is 5.32 Å². The number of fused-ring (bicyclic) bond motifs is 1. The fraction of sp³-hybridized carbons (Fsp3) is 0.733. The van der Waals surface area contributed by atoms with Crippen LogP contribution in [0.1, 0.15) is 44.4 Å². The van der Waals surface area contributed by atoms with E-state index >= 15 is 0 Å². The van der Waals surface area contributed by atoms with Crippen molar-refractivity contribution in [2.24, 2.45) is 0 Å². The highest BCUT2D eigenvalue weighted by Gasteiger charge is 2.15. The molecular weight excluding hydrogens is 236 g/mol. The summed E-state index contributed by atoms with van der Waals surface area (Å²) in [7, 11) is 2.19. The van der Waals surface area contributed by atoms with E-state index in [4.69, 9.17) is 0 Å². The van der Waals surface area contributed by atoms with Crippen molar-refractivity contribution in [1.82, 2.24) is 14.9 Å². The van der Waals surface area contributed by atoms with Crippen molar-refractivity contribution in [3.8, 4) is 0 Å². The Hall–Kier alpha value is -1.16. The highest BCUT2D eigenvalue weighted by atomic mass is 15.1. The summed E-state index contributed by atoms with van der Waals surface area (Å²) in [5.41, 5.74) is 2.60. The Bertz CT molecular complexity index is 405. The minimum Gasteiger partial charge on any atom is -0.368 e. The normalized spacial score (nSPS) is 16.2. The molecule has 1 aliphatic carbocycles. The molecule has 0 saturated carbocycles. The second-order valence-corrected chi connectivity index (χ2v) is 5.52. The predicted molar refractivity (Wildman–Crippen MR) is 79.5 cm³/mol. The number of hydrogen-bond acceptors (Lipinski definition) is 4. The van der Waals surface area contributed by atoms with Crippen LogP contribution in [0.15, 0.2) is 6.33 Å². The number of anilines is 1. The number of nitrogens with zero attached hydrogens (tertiary/aromatic N) is 3. The van der Waals surface area contributed by atoms with E-state index in [2.05, 4.69) is 41.1 Å². The Balaban J connectivity index is 1.90. The number of likely N-dealkylation sites (N-methyl/N-ethyl adjacent to an activating group) is 1. The monoisotopic (exact) mass is 262 g/mol. The molecule has 0 saturated heterocycles. The summed E-state index contributed by atoms with van der Waals surface area (Å²) in [6.07, 6.45) is 7.66. The molecule has 106 valence electrons. The fourth-order valence-corrected chi connectivity index (χ4v) is 2.56. The van der Waals surface area contributed by atoms with E-state index < -0.39 is 0 Å². The van der Waals surface area contributed by atoms with Crippen LogP contribution in [0.2, 0.25) is 0 Å². The summed E-state index contributed by atoms with van der Waals surface area (Å²) in [6, 6.07) is 0.640. The number of rotatable bonds is 6. The third kappa shape index (κ3) is 3.66. The summed E-state index contributed by atoms with van der Waals surface area (Å²) in [5.74, 6) is 1.06. The Kier molecular flexibility index (Phi) is 5.14. The van der Waals surface area contributed by atoms with E-state index in [1.807, 2.05) is 0 Å². The van der Waals surface area contributed by atoms with Gasteiger partial charge < -0.3 is 10.2 Å². The van der Waals surface area contributed by atoms with Crippen LogP contribution in [0.4, 0.5) is 5.82 Å². The third-order valence-corrected chi connectivity index (χ3v) is 4.23. The molecule has 4 heteroatoms. The summed E-state index contributed by atoms with van der Waals surface area (Å²) in [6.45, 7) is 6.50. The van der Waals surface area contributed by atoms with Gasteiger partial charge in [0.25, 0.3) is 0 Å². The van der Waals surface area contributed by atoms with Crippen molar-refractivity contribution in [2.45, 2.75) is 52.0 Å². The van der Waals surface area contributed by atoms with E-state index in [-0.39, 0.29) is 0 Å². The average Bonchev–Trinajstić information content (AvgIpc) is 2.46. The molecule has 0 fully saturated rings. The topological polar surface area (TPSA) is 41.0 Å². The van der Waals surface area contributed by atoms with Gasteiger partial charge in [-0.2, -0.15) is 0 Å². The number of hydrogen-bond donors (Lipinski definition) is 1. The molecular formula is C15H26N4. The van der Waals surface area contributed by atoms with Crippen LogP contribution in [0, 0.1) is 0 Å². The van der Waals surface area contributed by atoms with E-state index in [0.29, 0.717) is 6.04 Å². The van der Waals surface area contributed by atoms with Crippen molar-refractivity contribution in [2.75, 3.05) is 25.5 Å². The Labute approximate surface area is 116 Å². The first-order valence-corrected chi connectivity index (χ1v) is 7.49. The fourth-order valence-electron chi connectivity index (χ4n) is 2.56. The number of aryl methyl sites for hydroxylation is 1. The van der Waals surface area contributed by atoms with E-state index in [1.54, 1.807) is 6.33 Å². The first-order valence-electron chi connectivity index (χ1n) is 7.49. The lowest BCUT2D eigenvalue weighted by Gasteiger charge is -2.24. The van der Waals surface area contributed by atoms with Crippen molar-refractivity contribution < 1.29 is 0 Å². The molecule has 0 aliphatic heterocycles. The third-order valence-electron chi connectivity index (χ3n) is 4.23. The lowest BCUT2D eigenvalue weighted by molar-refractivity contribution is 0.261. The van der Waals surface area contributed by atoms with Gasteiger partial charge in [0.15, 0.2) is 0 Å². The zero-order chi connectivity index (χ0) is 13.7. The molecule has 0 radical (unpaired) electrons. The van der Waals surface area contributed by atoms with Gasteiger partial charge in [-0.1, -0.05) is 6.92 Å². The molecule has 0 spiro atoms. The lowest BCUT2D eigenvalue weighted by atomic mass is 9.96. The van der Waals surface area contributed by atoms with Gasteiger partial charge in [-0.15, -0.1) is 0 Å². The molecule has 0 bridgehead atoms.